The van der Waals surface area contributed by atoms with Gasteiger partial charge < -0.3 is 15.8 Å². The Kier molecular flexibility index (Phi) is 5.30. The van der Waals surface area contributed by atoms with E-state index in [1.165, 1.54) is 19.2 Å². The van der Waals surface area contributed by atoms with Crippen LogP contribution in [-0.2, 0) is 0 Å². The van der Waals surface area contributed by atoms with Crippen LogP contribution in [0.1, 0.15) is 37.0 Å². The van der Waals surface area contributed by atoms with Gasteiger partial charge >= 0.3 is 0 Å². The first kappa shape index (κ1) is 15.4. The number of hydrogen-bond donors (Lipinski definition) is 2. The maximum absolute atomic E-state index is 13.8. The highest BCUT2D eigenvalue weighted by Crippen LogP contribution is 2.23. The monoisotopic (exact) mass is 268 g/mol. The second-order valence-corrected chi connectivity index (χ2v) is 4.46. The van der Waals surface area contributed by atoms with Gasteiger partial charge in [0.2, 0.25) is 0 Å². The van der Waals surface area contributed by atoms with Gasteiger partial charge in [-0.15, -0.1) is 0 Å². The Morgan fingerprint density at radius 3 is 2.53 bits per heavy atom. The van der Waals surface area contributed by atoms with E-state index in [0.717, 1.165) is 0 Å². The van der Waals surface area contributed by atoms with Crippen LogP contribution < -0.4 is 15.8 Å². The van der Waals surface area contributed by atoms with Gasteiger partial charge in [0, 0.05) is 6.54 Å². The van der Waals surface area contributed by atoms with Crippen molar-refractivity contribution in [3.05, 3.63) is 29.6 Å². The first-order valence-corrected chi connectivity index (χ1v) is 6.38. The summed E-state index contributed by atoms with van der Waals surface area (Å²) in [5.74, 6) is -0.880. The molecule has 1 aromatic carbocycles. The Labute approximate surface area is 113 Å². The van der Waals surface area contributed by atoms with Gasteiger partial charge in [0.15, 0.2) is 0 Å². The normalized spacial score (nSPS) is 11.2. The number of hydrogen-bond acceptors (Lipinski definition) is 3. The van der Waals surface area contributed by atoms with Crippen molar-refractivity contribution in [1.29, 1.82) is 0 Å². The van der Waals surface area contributed by atoms with Gasteiger partial charge in [-0.1, -0.05) is 19.9 Å². The Bertz CT molecular complexity index is 437. The van der Waals surface area contributed by atoms with E-state index in [4.69, 9.17) is 10.5 Å². The van der Waals surface area contributed by atoms with Crippen molar-refractivity contribution in [3.63, 3.8) is 0 Å². The van der Waals surface area contributed by atoms with Crippen LogP contribution in [-0.4, -0.2) is 25.1 Å². The van der Waals surface area contributed by atoms with Crippen molar-refractivity contribution >= 4 is 5.91 Å². The van der Waals surface area contributed by atoms with Gasteiger partial charge in [-0.25, -0.2) is 4.39 Å². The number of ether oxygens (including phenoxy) is 1. The molecule has 0 fully saturated rings. The zero-order chi connectivity index (χ0) is 14.5. The van der Waals surface area contributed by atoms with Crippen LogP contribution in [0.2, 0.25) is 0 Å². The average Bonchev–Trinajstić information content (AvgIpc) is 2.44. The van der Waals surface area contributed by atoms with Crippen LogP contribution in [0.5, 0.6) is 5.75 Å². The van der Waals surface area contributed by atoms with Crippen molar-refractivity contribution in [3.8, 4) is 5.75 Å². The molecule has 0 aliphatic rings. The number of halogens is 1. The molecule has 1 aromatic rings. The second kappa shape index (κ2) is 6.52. The van der Waals surface area contributed by atoms with Gasteiger partial charge in [-0.3, -0.25) is 4.79 Å². The van der Waals surface area contributed by atoms with Gasteiger partial charge in [0.1, 0.15) is 17.1 Å². The maximum atomic E-state index is 13.8. The Morgan fingerprint density at radius 1 is 1.42 bits per heavy atom. The van der Waals surface area contributed by atoms with Crippen molar-refractivity contribution in [2.45, 2.75) is 32.2 Å². The third kappa shape index (κ3) is 3.23. The van der Waals surface area contributed by atoms with Gasteiger partial charge in [0.25, 0.3) is 5.91 Å². The lowest BCUT2D eigenvalue weighted by Crippen LogP contribution is -2.53. The minimum atomic E-state index is -0.602. The average molecular weight is 268 g/mol. The van der Waals surface area contributed by atoms with Gasteiger partial charge in [0.05, 0.1) is 12.6 Å². The lowest BCUT2D eigenvalue weighted by molar-refractivity contribution is 0.0887. The summed E-state index contributed by atoms with van der Waals surface area (Å²) in [4.78, 5) is 12.3. The van der Waals surface area contributed by atoms with E-state index >= 15 is 0 Å². The standard InChI is InChI=1S/C14H21FN2O2/c1-4-14(5-2,9-16)17-13(18)12-10(15)7-6-8-11(12)19-3/h6-8H,4-5,9,16H2,1-3H3,(H,17,18). The molecule has 0 saturated carbocycles. The number of carbonyl (C=O) groups excluding carboxylic acids is 1. The van der Waals surface area contributed by atoms with E-state index in [1.54, 1.807) is 6.07 Å². The SMILES string of the molecule is CCC(CC)(CN)NC(=O)c1c(F)cccc1OC. The van der Waals surface area contributed by atoms with Crippen LogP contribution in [0, 0.1) is 5.82 Å². The number of methoxy groups -OCH3 is 1. The smallest absolute Gasteiger partial charge is 0.258 e. The van der Waals surface area contributed by atoms with E-state index in [1.807, 2.05) is 13.8 Å². The maximum Gasteiger partial charge on any atom is 0.258 e. The highest BCUT2D eigenvalue weighted by atomic mass is 19.1. The molecule has 0 atom stereocenters. The fourth-order valence-electron chi connectivity index (χ4n) is 1.96. The van der Waals surface area contributed by atoms with Gasteiger partial charge in [-0.2, -0.15) is 0 Å². The van der Waals surface area contributed by atoms with Crippen molar-refractivity contribution in [1.82, 2.24) is 5.32 Å². The number of rotatable bonds is 6. The van der Waals surface area contributed by atoms with Crippen molar-refractivity contribution in [2.24, 2.45) is 5.73 Å². The van der Waals surface area contributed by atoms with Crippen LogP contribution in [0.4, 0.5) is 4.39 Å². The van der Waals surface area contributed by atoms with Crippen molar-refractivity contribution < 1.29 is 13.9 Å². The highest BCUT2D eigenvalue weighted by molar-refractivity contribution is 5.97. The number of carbonyl (C=O) groups is 1. The summed E-state index contributed by atoms with van der Waals surface area (Å²) < 4.78 is 18.8. The molecular weight excluding hydrogens is 247 g/mol. The Morgan fingerprint density at radius 2 is 2.05 bits per heavy atom. The van der Waals surface area contributed by atoms with E-state index in [0.29, 0.717) is 19.4 Å². The minimum Gasteiger partial charge on any atom is -0.496 e. The fourth-order valence-corrected chi connectivity index (χ4v) is 1.96. The molecule has 0 aromatic heterocycles. The zero-order valence-electron chi connectivity index (χ0n) is 11.6. The summed E-state index contributed by atoms with van der Waals surface area (Å²) in [6.45, 7) is 4.19. The van der Waals surface area contributed by atoms with Crippen molar-refractivity contribution in [2.75, 3.05) is 13.7 Å². The van der Waals surface area contributed by atoms with Crippen LogP contribution in [0.3, 0.4) is 0 Å². The number of amides is 1. The van der Waals surface area contributed by atoms with Crippen LogP contribution in [0.15, 0.2) is 18.2 Å². The molecule has 19 heavy (non-hydrogen) atoms. The van der Waals surface area contributed by atoms with Crippen LogP contribution in [0.25, 0.3) is 0 Å². The fraction of sp³-hybridized carbons (Fsp3) is 0.500. The summed E-state index contributed by atoms with van der Waals surface area (Å²) >= 11 is 0. The molecule has 0 aliphatic heterocycles. The summed E-state index contributed by atoms with van der Waals surface area (Å²) in [5.41, 5.74) is 5.14. The number of nitrogens with two attached hydrogens (primary N) is 1. The molecule has 3 N–H and O–H groups in total. The molecule has 0 aliphatic carbocycles. The molecule has 106 valence electrons. The molecule has 5 heteroatoms. The summed E-state index contributed by atoms with van der Waals surface area (Å²) in [7, 11) is 1.40. The largest absolute Gasteiger partial charge is 0.496 e. The molecule has 4 nitrogen and oxygen atoms in total. The lowest BCUT2D eigenvalue weighted by Gasteiger charge is -2.31. The number of nitrogens with one attached hydrogen (secondary N) is 1. The molecule has 1 amide bonds. The molecule has 0 spiro atoms. The quantitative estimate of drug-likeness (QED) is 0.830. The summed E-state index contributed by atoms with van der Waals surface area (Å²) in [6, 6.07) is 4.29. The summed E-state index contributed by atoms with van der Waals surface area (Å²) in [5, 5.41) is 2.83. The predicted octanol–water partition coefficient (Wildman–Crippen LogP) is 2.08. The predicted molar refractivity (Wildman–Crippen MR) is 72.8 cm³/mol. The third-order valence-electron chi connectivity index (χ3n) is 3.55. The second-order valence-electron chi connectivity index (χ2n) is 4.46. The molecule has 0 bridgehead atoms. The molecule has 0 unspecified atom stereocenters. The lowest BCUT2D eigenvalue weighted by atomic mass is 9.92. The van der Waals surface area contributed by atoms with Crippen LogP contribution >= 0.6 is 0 Å². The summed E-state index contributed by atoms with van der Waals surface area (Å²) in [6.07, 6.45) is 1.37. The Balaban J connectivity index is 3.07. The van der Waals surface area contributed by atoms with E-state index in [9.17, 15) is 9.18 Å². The topological polar surface area (TPSA) is 64.3 Å². The third-order valence-corrected chi connectivity index (χ3v) is 3.55. The molecule has 0 heterocycles. The molecule has 0 radical (unpaired) electrons. The first-order valence-electron chi connectivity index (χ1n) is 6.38. The van der Waals surface area contributed by atoms with E-state index in [-0.39, 0.29) is 11.3 Å². The molecule has 0 saturated heterocycles. The highest BCUT2D eigenvalue weighted by Gasteiger charge is 2.29. The van der Waals surface area contributed by atoms with E-state index < -0.39 is 17.3 Å². The zero-order valence-corrected chi connectivity index (χ0v) is 11.6. The van der Waals surface area contributed by atoms with Gasteiger partial charge in [-0.05, 0) is 25.0 Å². The molecular formula is C14H21FN2O2. The number of benzene rings is 1. The minimum absolute atomic E-state index is 0.0790. The molecule has 1 rings (SSSR count). The first-order chi connectivity index (χ1) is 9.03. The Hall–Kier alpha value is -1.62. The van der Waals surface area contributed by atoms with E-state index in [2.05, 4.69) is 5.32 Å².